The summed E-state index contributed by atoms with van der Waals surface area (Å²) in [5.74, 6) is -0.675. The molecule has 0 unspecified atom stereocenters. The van der Waals surface area contributed by atoms with Gasteiger partial charge in [-0.05, 0) is 29.8 Å². The zero-order chi connectivity index (χ0) is 15.5. The van der Waals surface area contributed by atoms with Gasteiger partial charge in [-0.25, -0.2) is 13.2 Å². The van der Waals surface area contributed by atoms with Crippen LogP contribution in [0.15, 0.2) is 53.4 Å². The van der Waals surface area contributed by atoms with Gasteiger partial charge in [-0.1, -0.05) is 35.9 Å². The van der Waals surface area contributed by atoms with E-state index in [1.165, 1.54) is 12.1 Å². The first-order valence-corrected chi connectivity index (χ1v) is 8.35. The second kappa shape index (κ2) is 6.28. The summed E-state index contributed by atoms with van der Waals surface area (Å²) in [6, 6.07) is 12.8. The highest BCUT2D eigenvalue weighted by molar-refractivity contribution is 7.90. The first-order valence-electron chi connectivity index (χ1n) is 6.08. The number of hydrogen-bond donors (Lipinski definition) is 0. The SMILES string of the molecule is CS(=O)(=O)c1ccccc1C(=O)OCc1ccc(Cl)cc1. The predicted octanol–water partition coefficient (Wildman–Crippen LogP) is 3.10. The van der Waals surface area contributed by atoms with Gasteiger partial charge in [0.05, 0.1) is 10.5 Å². The molecule has 0 aliphatic heterocycles. The molecule has 110 valence electrons. The van der Waals surface area contributed by atoms with Crippen LogP contribution in [0, 0.1) is 0 Å². The monoisotopic (exact) mass is 324 g/mol. The molecule has 0 atom stereocenters. The summed E-state index contributed by atoms with van der Waals surface area (Å²) in [4.78, 5) is 12.0. The van der Waals surface area contributed by atoms with Crippen LogP contribution in [0.3, 0.4) is 0 Å². The predicted molar refractivity (Wildman–Crippen MR) is 80.1 cm³/mol. The lowest BCUT2D eigenvalue weighted by Crippen LogP contribution is -2.11. The first-order chi connectivity index (χ1) is 9.88. The minimum absolute atomic E-state index is 0.0360. The maximum atomic E-state index is 12.0. The van der Waals surface area contributed by atoms with Gasteiger partial charge in [-0.3, -0.25) is 0 Å². The fourth-order valence-corrected chi connectivity index (χ4v) is 2.77. The zero-order valence-corrected chi connectivity index (χ0v) is 12.8. The van der Waals surface area contributed by atoms with Crippen LogP contribution in [0.4, 0.5) is 0 Å². The molecule has 0 heterocycles. The molecule has 2 aromatic carbocycles. The number of esters is 1. The van der Waals surface area contributed by atoms with Gasteiger partial charge in [-0.2, -0.15) is 0 Å². The lowest BCUT2D eigenvalue weighted by molar-refractivity contribution is 0.0468. The van der Waals surface area contributed by atoms with E-state index >= 15 is 0 Å². The normalized spacial score (nSPS) is 11.1. The van der Waals surface area contributed by atoms with E-state index in [0.29, 0.717) is 5.02 Å². The highest BCUT2D eigenvalue weighted by Crippen LogP contribution is 2.17. The summed E-state index contributed by atoms with van der Waals surface area (Å²) in [6.07, 6.45) is 1.05. The van der Waals surface area contributed by atoms with Crippen LogP contribution >= 0.6 is 11.6 Å². The van der Waals surface area contributed by atoms with E-state index in [4.69, 9.17) is 16.3 Å². The van der Waals surface area contributed by atoms with Gasteiger partial charge in [-0.15, -0.1) is 0 Å². The Morgan fingerprint density at radius 1 is 1.10 bits per heavy atom. The van der Waals surface area contributed by atoms with Crippen molar-refractivity contribution in [2.24, 2.45) is 0 Å². The standard InChI is InChI=1S/C15H13ClO4S/c1-21(18,19)14-5-3-2-4-13(14)15(17)20-10-11-6-8-12(16)9-7-11/h2-9H,10H2,1H3. The Morgan fingerprint density at radius 3 is 2.33 bits per heavy atom. The van der Waals surface area contributed by atoms with Crippen molar-refractivity contribution in [3.05, 3.63) is 64.7 Å². The molecule has 4 nitrogen and oxygen atoms in total. The second-order valence-corrected chi connectivity index (χ2v) is 6.89. The molecule has 0 saturated heterocycles. The van der Waals surface area contributed by atoms with E-state index in [-0.39, 0.29) is 17.1 Å². The van der Waals surface area contributed by atoms with Gasteiger partial charge in [0.15, 0.2) is 9.84 Å². The highest BCUT2D eigenvalue weighted by Gasteiger charge is 2.19. The van der Waals surface area contributed by atoms with Crippen molar-refractivity contribution in [1.29, 1.82) is 0 Å². The third-order valence-corrected chi connectivity index (χ3v) is 4.20. The molecular formula is C15H13ClO4S. The Balaban J connectivity index is 2.16. The summed E-state index contributed by atoms with van der Waals surface area (Å²) in [5, 5.41) is 0.590. The summed E-state index contributed by atoms with van der Waals surface area (Å²) >= 11 is 5.77. The Hall–Kier alpha value is -1.85. The quantitative estimate of drug-likeness (QED) is 0.811. The third-order valence-electron chi connectivity index (χ3n) is 2.79. The summed E-state index contributed by atoms with van der Waals surface area (Å²) in [6.45, 7) is 0.0497. The summed E-state index contributed by atoms with van der Waals surface area (Å²) < 4.78 is 28.4. The molecule has 0 bridgehead atoms. The molecule has 6 heteroatoms. The molecule has 0 fully saturated rings. The molecule has 21 heavy (non-hydrogen) atoms. The van der Waals surface area contributed by atoms with Gasteiger partial charge in [0.2, 0.25) is 0 Å². The van der Waals surface area contributed by atoms with E-state index in [1.807, 2.05) is 0 Å². The minimum atomic E-state index is -3.49. The van der Waals surface area contributed by atoms with Gasteiger partial charge < -0.3 is 4.74 Å². The number of sulfone groups is 1. The fraction of sp³-hybridized carbons (Fsp3) is 0.133. The molecule has 0 aliphatic carbocycles. The van der Waals surface area contributed by atoms with Gasteiger partial charge in [0.25, 0.3) is 0 Å². The topological polar surface area (TPSA) is 60.4 Å². The van der Waals surface area contributed by atoms with Crippen LogP contribution in [-0.4, -0.2) is 20.6 Å². The molecule has 2 rings (SSSR count). The summed E-state index contributed by atoms with van der Waals surface area (Å²) in [5.41, 5.74) is 0.804. The Labute approximate surface area is 128 Å². The molecular weight excluding hydrogens is 312 g/mol. The maximum absolute atomic E-state index is 12.0. The minimum Gasteiger partial charge on any atom is -0.457 e. The Morgan fingerprint density at radius 2 is 1.71 bits per heavy atom. The molecule has 0 spiro atoms. The zero-order valence-electron chi connectivity index (χ0n) is 11.2. The van der Waals surface area contributed by atoms with Crippen LogP contribution in [0.5, 0.6) is 0 Å². The largest absolute Gasteiger partial charge is 0.457 e. The molecule has 2 aromatic rings. The lowest BCUT2D eigenvalue weighted by Gasteiger charge is -2.08. The van der Waals surface area contributed by atoms with E-state index < -0.39 is 15.8 Å². The van der Waals surface area contributed by atoms with Crippen molar-refractivity contribution in [3.8, 4) is 0 Å². The number of rotatable bonds is 4. The number of ether oxygens (including phenoxy) is 1. The lowest BCUT2D eigenvalue weighted by atomic mass is 10.2. The van der Waals surface area contributed by atoms with Crippen molar-refractivity contribution in [1.82, 2.24) is 0 Å². The molecule has 0 aromatic heterocycles. The van der Waals surface area contributed by atoms with Crippen molar-refractivity contribution in [2.75, 3.05) is 6.26 Å². The number of benzene rings is 2. The number of halogens is 1. The molecule has 0 aliphatic rings. The first kappa shape index (κ1) is 15.5. The van der Waals surface area contributed by atoms with E-state index in [1.54, 1.807) is 36.4 Å². The molecule has 0 amide bonds. The number of carbonyl (C=O) groups excluding carboxylic acids is 1. The van der Waals surface area contributed by atoms with E-state index in [2.05, 4.69) is 0 Å². The highest BCUT2D eigenvalue weighted by atomic mass is 35.5. The average molecular weight is 325 g/mol. The van der Waals surface area contributed by atoms with E-state index in [0.717, 1.165) is 11.8 Å². The van der Waals surface area contributed by atoms with Gasteiger partial charge in [0, 0.05) is 11.3 Å². The van der Waals surface area contributed by atoms with Crippen LogP contribution < -0.4 is 0 Å². The average Bonchev–Trinajstić information content (AvgIpc) is 2.45. The summed E-state index contributed by atoms with van der Waals surface area (Å²) in [7, 11) is -3.49. The van der Waals surface area contributed by atoms with E-state index in [9.17, 15) is 13.2 Å². The molecule has 0 radical (unpaired) electrons. The number of hydrogen-bond acceptors (Lipinski definition) is 4. The Bertz CT molecular complexity index is 751. The Kier molecular flexibility index (Phi) is 4.65. The maximum Gasteiger partial charge on any atom is 0.339 e. The van der Waals surface area contributed by atoms with Crippen molar-refractivity contribution in [2.45, 2.75) is 11.5 Å². The van der Waals surface area contributed by atoms with Gasteiger partial charge in [0.1, 0.15) is 6.61 Å². The molecule has 0 N–H and O–H groups in total. The van der Waals surface area contributed by atoms with Crippen LogP contribution in [-0.2, 0) is 21.2 Å². The number of carbonyl (C=O) groups is 1. The van der Waals surface area contributed by atoms with Crippen LogP contribution in [0.2, 0.25) is 5.02 Å². The second-order valence-electron chi connectivity index (χ2n) is 4.47. The van der Waals surface area contributed by atoms with Crippen molar-refractivity contribution in [3.63, 3.8) is 0 Å². The van der Waals surface area contributed by atoms with Crippen LogP contribution in [0.25, 0.3) is 0 Å². The van der Waals surface area contributed by atoms with Gasteiger partial charge >= 0.3 is 5.97 Å². The fourth-order valence-electron chi connectivity index (χ4n) is 1.77. The van der Waals surface area contributed by atoms with Crippen LogP contribution in [0.1, 0.15) is 15.9 Å². The smallest absolute Gasteiger partial charge is 0.339 e. The third kappa shape index (κ3) is 4.06. The van der Waals surface area contributed by atoms with Crippen molar-refractivity contribution >= 4 is 27.4 Å². The molecule has 0 saturated carbocycles. The van der Waals surface area contributed by atoms with Crippen molar-refractivity contribution < 1.29 is 17.9 Å².